The highest BCUT2D eigenvalue weighted by Gasteiger charge is 2.17. The highest BCUT2D eigenvalue weighted by atomic mass is 16.6. The number of nitro groups is 1. The summed E-state index contributed by atoms with van der Waals surface area (Å²) in [6.45, 7) is 1.24. The summed E-state index contributed by atoms with van der Waals surface area (Å²) < 4.78 is 5.03. The number of amides is 1. The number of anilines is 1. The van der Waals surface area contributed by atoms with Crippen molar-refractivity contribution in [3.05, 3.63) is 40.1 Å². The van der Waals surface area contributed by atoms with Crippen LogP contribution in [0.5, 0.6) is 5.75 Å². The second-order valence-corrected chi connectivity index (χ2v) is 4.49. The molecule has 0 radical (unpaired) electrons. The first kappa shape index (κ1) is 18.4. The Bertz CT molecular complexity index is 737. The molecule has 0 spiro atoms. The largest absolute Gasteiger partial charge is 0.495 e. The number of rotatable bonds is 7. The minimum Gasteiger partial charge on any atom is -0.495 e. The summed E-state index contributed by atoms with van der Waals surface area (Å²) in [4.78, 5) is 32.7. The van der Waals surface area contributed by atoms with E-state index in [1.807, 2.05) is 0 Å². The Kier molecular flexibility index (Phi) is 6.25. The van der Waals surface area contributed by atoms with Crippen molar-refractivity contribution >= 4 is 23.3 Å². The lowest BCUT2D eigenvalue weighted by molar-refractivity contribution is -0.384. The Morgan fingerprint density at radius 2 is 2.17 bits per heavy atom. The predicted octanol–water partition coefficient (Wildman–Crippen LogP) is 1.01. The number of nitrogens with one attached hydrogen (secondary N) is 2. The van der Waals surface area contributed by atoms with Crippen LogP contribution in [0.15, 0.2) is 30.0 Å². The molecule has 1 unspecified atom stereocenters. The van der Waals surface area contributed by atoms with Crippen LogP contribution in [0.3, 0.4) is 0 Å². The highest BCUT2D eigenvalue weighted by molar-refractivity contribution is 5.99. The van der Waals surface area contributed by atoms with E-state index < -0.39 is 28.4 Å². The molecule has 1 rings (SSSR count). The maximum absolute atomic E-state index is 11.8. The number of nitro benzene ring substituents is 1. The van der Waals surface area contributed by atoms with Gasteiger partial charge in [0.05, 0.1) is 17.7 Å². The van der Waals surface area contributed by atoms with Crippen LogP contribution in [0.25, 0.3) is 0 Å². The van der Waals surface area contributed by atoms with E-state index in [-0.39, 0.29) is 17.1 Å². The number of non-ortho nitro benzene ring substituents is 1. The fraction of sp³-hybridized carbons (Fsp3) is 0.214. The Morgan fingerprint density at radius 1 is 1.50 bits per heavy atom. The van der Waals surface area contributed by atoms with E-state index in [1.165, 1.54) is 32.2 Å². The van der Waals surface area contributed by atoms with Crippen LogP contribution in [-0.2, 0) is 9.59 Å². The molecule has 0 aliphatic rings. The van der Waals surface area contributed by atoms with Gasteiger partial charge in [0.2, 0.25) is 0 Å². The van der Waals surface area contributed by atoms with Gasteiger partial charge in [-0.25, -0.2) is 0 Å². The number of aliphatic carboxylic acids is 1. The third-order valence-corrected chi connectivity index (χ3v) is 2.85. The molecule has 1 atom stereocenters. The molecule has 0 saturated heterocycles. The maximum Gasteiger partial charge on any atom is 0.325 e. The van der Waals surface area contributed by atoms with Crippen molar-refractivity contribution in [1.82, 2.24) is 5.32 Å². The minimum absolute atomic E-state index is 0.165. The van der Waals surface area contributed by atoms with Gasteiger partial charge in [-0.3, -0.25) is 19.7 Å². The standard InChI is InChI=1S/C14H14N4O6/c1-8(14(20)21)17-13(19)9(6-15)7-16-11-5-10(18(22)23)3-4-12(11)24-2/h3-5,7-8,16H,1-2H3,(H,17,19)(H,20,21)/b9-7-. The van der Waals surface area contributed by atoms with E-state index >= 15 is 0 Å². The molecule has 0 aliphatic carbocycles. The van der Waals surface area contributed by atoms with E-state index in [1.54, 1.807) is 6.07 Å². The zero-order valence-corrected chi connectivity index (χ0v) is 12.8. The van der Waals surface area contributed by atoms with Gasteiger partial charge in [0.1, 0.15) is 23.4 Å². The third-order valence-electron chi connectivity index (χ3n) is 2.85. The summed E-state index contributed by atoms with van der Waals surface area (Å²) in [5, 5.41) is 33.2. The number of hydrogen-bond acceptors (Lipinski definition) is 7. The van der Waals surface area contributed by atoms with Gasteiger partial charge in [-0.15, -0.1) is 0 Å². The summed E-state index contributed by atoms with van der Waals surface area (Å²) in [7, 11) is 1.35. The molecule has 0 aliphatic heterocycles. The zero-order chi connectivity index (χ0) is 18.3. The van der Waals surface area contributed by atoms with Crippen molar-refractivity contribution in [3.8, 4) is 11.8 Å². The quantitative estimate of drug-likeness (QED) is 0.289. The minimum atomic E-state index is -1.26. The summed E-state index contributed by atoms with van der Waals surface area (Å²) >= 11 is 0. The Hall–Kier alpha value is -3.61. The van der Waals surface area contributed by atoms with Gasteiger partial charge < -0.3 is 20.5 Å². The second kappa shape index (κ2) is 8.14. The molecule has 3 N–H and O–H groups in total. The van der Waals surface area contributed by atoms with E-state index in [0.29, 0.717) is 0 Å². The number of benzene rings is 1. The zero-order valence-electron chi connectivity index (χ0n) is 12.8. The highest BCUT2D eigenvalue weighted by Crippen LogP contribution is 2.28. The van der Waals surface area contributed by atoms with Gasteiger partial charge in [0, 0.05) is 18.3 Å². The van der Waals surface area contributed by atoms with E-state index in [9.17, 15) is 19.7 Å². The lowest BCUT2D eigenvalue weighted by Gasteiger charge is -2.10. The predicted molar refractivity (Wildman–Crippen MR) is 82.2 cm³/mol. The molecule has 1 aromatic carbocycles. The smallest absolute Gasteiger partial charge is 0.325 e. The second-order valence-electron chi connectivity index (χ2n) is 4.49. The fourth-order valence-electron chi connectivity index (χ4n) is 1.56. The molecule has 10 nitrogen and oxygen atoms in total. The number of nitriles is 1. The van der Waals surface area contributed by atoms with Crippen LogP contribution < -0.4 is 15.4 Å². The van der Waals surface area contributed by atoms with Gasteiger partial charge in [-0.05, 0) is 13.0 Å². The van der Waals surface area contributed by atoms with Crippen LogP contribution in [0.4, 0.5) is 11.4 Å². The number of hydrogen-bond donors (Lipinski definition) is 3. The lowest BCUT2D eigenvalue weighted by Crippen LogP contribution is -2.39. The molecule has 126 valence electrons. The fourth-order valence-corrected chi connectivity index (χ4v) is 1.56. The van der Waals surface area contributed by atoms with Crippen molar-refractivity contribution in [2.75, 3.05) is 12.4 Å². The van der Waals surface area contributed by atoms with Crippen LogP contribution in [0.2, 0.25) is 0 Å². The van der Waals surface area contributed by atoms with Crippen molar-refractivity contribution in [3.63, 3.8) is 0 Å². The number of methoxy groups -OCH3 is 1. The molecule has 0 fully saturated rings. The first-order valence-corrected chi connectivity index (χ1v) is 6.53. The van der Waals surface area contributed by atoms with Crippen LogP contribution in [0.1, 0.15) is 6.92 Å². The summed E-state index contributed by atoms with van der Waals surface area (Å²) in [6, 6.07) is 4.19. The molecule has 0 saturated carbocycles. The van der Waals surface area contributed by atoms with Crippen LogP contribution in [0, 0.1) is 21.4 Å². The first-order valence-electron chi connectivity index (χ1n) is 6.53. The van der Waals surface area contributed by atoms with Gasteiger partial charge in [-0.2, -0.15) is 5.26 Å². The SMILES string of the molecule is COc1ccc([N+](=O)[O-])cc1N/C=C(/C#N)C(=O)NC(C)C(=O)O. The van der Waals surface area contributed by atoms with Gasteiger partial charge in [0.15, 0.2) is 0 Å². The molecule has 0 aromatic heterocycles. The summed E-state index contributed by atoms with van der Waals surface area (Å²) in [6.07, 6.45) is 1.01. The third kappa shape index (κ3) is 4.70. The Morgan fingerprint density at radius 3 is 2.67 bits per heavy atom. The average molecular weight is 334 g/mol. The summed E-state index contributed by atoms with van der Waals surface area (Å²) in [5.74, 6) is -1.90. The van der Waals surface area contributed by atoms with E-state index in [2.05, 4.69) is 10.6 Å². The number of nitrogens with zero attached hydrogens (tertiary/aromatic N) is 2. The molecular weight excluding hydrogens is 320 g/mol. The molecule has 10 heteroatoms. The van der Waals surface area contributed by atoms with Crippen molar-refractivity contribution in [1.29, 1.82) is 5.26 Å². The number of ether oxygens (including phenoxy) is 1. The van der Waals surface area contributed by atoms with Crippen molar-refractivity contribution in [2.45, 2.75) is 13.0 Å². The Balaban J connectivity index is 3.02. The van der Waals surface area contributed by atoms with Gasteiger partial charge >= 0.3 is 5.97 Å². The van der Waals surface area contributed by atoms with Crippen LogP contribution >= 0.6 is 0 Å². The van der Waals surface area contributed by atoms with Crippen molar-refractivity contribution in [2.24, 2.45) is 0 Å². The van der Waals surface area contributed by atoms with Crippen LogP contribution in [-0.4, -0.2) is 35.1 Å². The number of carbonyl (C=O) groups is 2. The number of carboxylic acids is 1. The number of carbonyl (C=O) groups excluding carboxylic acids is 1. The first-order chi connectivity index (χ1) is 11.3. The monoisotopic (exact) mass is 334 g/mol. The Labute approximate surface area is 136 Å². The lowest BCUT2D eigenvalue weighted by atomic mass is 10.2. The van der Waals surface area contributed by atoms with E-state index in [0.717, 1.165) is 6.20 Å². The van der Waals surface area contributed by atoms with E-state index in [4.69, 9.17) is 15.1 Å². The molecule has 1 amide bonds. The average Bonchev–Trinajstić information content (AvgIpc) is 2.54. The van der Waals surface area contributed by atoms with Gasteiger partial charge in [0.25, 0.3) is 11.6 Å². The number of carboxylic acid groups (broad SMARTS) is 1. The molecule has 0 heterocycles. The maximum atomic E-state index is 11.8. The topological polar surface area (TPSA) is 155 Å². The molecule has 24 heavy (non-hydrogen) atoms. The molecule has 0 bridgehead atoms. The normalized spacial score (nSPS) is 11.8. The molecule has 1 aromatic rings. The summed E-state index contributed by atoms with van der Waals surface area (Å²) in [5.41, 5.74) is -0.454. The van der Waals surface area contributed by atoms with Gasteiger partial charge in [-0.1, -0.05) is 0 Å². The molecular formula is C14H14N4O6. The van der Waals surface area contributed by atoms with Crippen molar-refractivity contribution < 1.29 is 24.4 Å².